The highest BCUT2D eigenvalue weighted by Gasteiger charge is 2.22. The first-order chi connectivity index (χ1) is 8.99. The number of amides is 1. The summed E-state index contributed by atoms with van der Waals surface area (Å²) in [6.07, 6.45) is 0.676. The zero-order valence-corrected chi connectivity index (χ0v) is 11.4. The zero-order valence-electron chi connectivity index (χ0n) is 10.6. The van der Waals surface area contributed by atoms with E-state index in [4.69, 9.17) is 0 Å². The summed E-state index contributed by atoms with van der Waals surface area (Å²) in [5.41, 5.74) is 0.217. The van der Waals surface area contributed by atoms with Crippen LogP contribution in [0.25, 0.3) is 0 Å². The molecule has 1 aromatic heterocycles. The Labute approximate surface area is 113 Å². The third-order valence-electron chi connectivity index (χ3n) is 2.34. The number of ether oxygens (including phenoxy) is 1. The van der Waals surface area contributed by atoms with Gasteiger partial charge in [-0.1, -0.05) is 18.3 Å². The van der Waals surface area contributed by atoms with Gasteiger partial charge >= 0.3 is 11.0 Å². The number of rotatable bonds is 6. The summed E-state index contributed by atoms with van der Waals surface area (Å²) in [6, 6.07) is 1.22. The van der Waals surface area contributed by atoms with E-state index in [1.165, 1.54) is 23.5 Å². The maximum atomic E-state index is 12.1. The highest BCUT2D eigenvalue weighted by Crippen LogP contribution is 2.23. The molecule has 0 bridgehead atoms. The predicted octanol–water partition coefficient (Wildman–Crippen LogP) is 1.68. The van der Waals surface area contributed by atoms with Crippen LogP contribution in [0.3, 0.4) is 0 Å². The minimum absolute atomic E-state index is 0.0992. The number of methoxy groups -OCH3 is 1. The van der Waals surface area contributed by atoms with E-state index in [1.807, 2.05) is 6.92 Å². The molecule has 0 N–H and O–H groups in total. The summed E-state index contributed by atoms with van der Waals surface area (Å²) < 4.78 is 4.52. The Balaban J connectivity index is 2.85. The van der Waals surface area contributed by atoms with Crippen molar-refractivity contribution in [1.82, 2.24) is 4.90 Å². The van der Waals surface area contributed by atoms with Gasteiger partial charge in [-0.15, -0.1) is 0 Å². The van der Waals surface area contributed by atoms with Crippen LogP contribution in [-0.4, -0.2) is 41.9 Å². The van der Waals surface area contributed by atoms with E-state index >= 15 is 0 Å². The minimum Gasteiger partial charge on any atom is -0.468 e. The lowest BCUT2D eigenvalue weighted by Crippen LogP contribution is -2.36. The number of esters is 1. The SMILES string of the molecule is CCCN(CC(=O)OC)C(=O)c1csc([N+](=O)[O-])c1. The van der Waals surface area contributed by atoms with Gasteiger partial charge in [-0.2, -0.15) is 0 Å². The van der Waals surface area contributed by atoms with Gasteiger partial charge in [0.1, 0.15) is 6.54 Å². The number of nitro groups is 1. The van der Waals surface area contributed by atoms with Crippen LogP contribution in [0.1, 0.15) is 23.7 Å². The van der Waals surface area contributed by atoms with E-state index in [1.54, 1.807) is 0 Å². The highest BCUT2D eigenvalue weighted by molar-refractivity contribution is 7.13. The van der Waals surface area contributed by atoms with E-state index in [2.05, 4.69) is 4.74 Å². The van der Waals surface area contributed by atoms with Crippen LogP contribution in [0.5, 0.6) is 0 Å². The van der Waals surface area contributed by atoms with E-state index in [0.717, 1.165) is 11.3 Å². The van der Waals surface area contributed by atoms with Crippen molar-refractivity contribution in [2.24, 2.45) is 0 Å². The van der Waals surface area contributed by atoms with Gasteiger partial charge in [0.25, 0.3) is 5.91 Å². The van der Waals surface area contributed by atoms with Crippen molar-refractivity contribution in [2.45, 2.75) is 13.3 Å². The van der Waals surface area contributed by atoms with Crippen molar-refractivity contribution in [3.63, 3.8) is 0 Å². The minimum atomic E-state index is -0.550. The molecule has 1 heterocycles. The summed E-state index contributed by atoms with van der Waals surface area (Å²) in [5.74, 6) is -0.928. The Hall–Kier alpha value is -1.96. The number of carbonyl (C=O) groups excluding carboxylic acids is 2. The second-order valence-electron chi connectivity index (χ2n) is 3.73. The molecule has 8 heteroatoms. The fourth-order valence-corrected chi connectivity index (χ4v) is 2.16. The summed E-state index contributed by atoms with van der Waals surface area (Å²) in [7, 11) is 1.24. The fraction of sp³-hybridized carbons (Fsp3) is 0.455. The first kappa shape index (κ1) is 15.1. The quantitative estimate of drug-likeness (QED) is 0.451. The summed E-state index contributed by atoms with van der Waals surface area (Å²) in [4.78, 5) is 34.7. The topological polar surface area (TPSA) is 89.8 Å². The Morgan fingerprint density at radius 3 is 2.68 bits per heavy atom. The van der Waals surface area contributed by atoms with Crippen LogP contribution in [0.15, 0.2) is 11.4 Å². The van der Waals surface area contributed by atoms with Crippen LogP contribution in [0.2, 0.25) is 0 Å². The lowest BCUT2D eigenvalue weighted by molar-refractivity contribution is -0.380. The van der Waals surface area contributed by atoms with E-state index in [-0.39, 0.29) is 17.1 Å². The second-order valence-corrected chi connectivity index (χ2v) is 4.62. The Bertz CT molecular complexity index is 485. The van der Waals surface area contributed by atoms with Gasteiger partial charge in [0.05, 0.1) is 17.6 Å². The van der Waals surface area contributed by atoms with Gasteiger partial charge < -0.3 is 9.64 Å². The second kappa shape index (κ2) is 6.83. The van der Waals surface area contributed by atoms with Crippen molar-refractivity contribution in [1.29, 1.82) is 0 Å². The highest BCUT2D eigenvalue weighted by atomic mass is 32.1. The molecule has 1 amide bonds. The van der Waals surface area contributed by atoms with Crippen molar-refractivity contribution in [2.75, 3.05) is 20.2 Å². The molecule has 1 aromatic rings. The van der Waals surface area contributed by atoms with Crippen LogP contribution in [0.4, 0.5) is 5.00 Å². The molecular weight excluding hydrogens is 272 g/mol. The molecule has 0 aromatic carbocycles. The molecule has 0 fully saturated rings. The molecule has 0 aliphatic heterocycles. The number of thiophene rings is 1. The average Bonchev–Trinajstić information content (AvgIpc) is 2.86. The normalized spacial score (nSPS) is 10.0. The summed E-state index contributed by atoms with van der Waals surface area (Å²) >= 11 is 0.883. The molecule has 7 nitrogen and oxygen atoms in total. The largest absolute Gasteiger partial charge is 0.468 e. The first-order valence-corrected chi connectivity index (χ1v) is 6.46. The standard InChI is InChI=1S/C11H14N2O5S/c1-3-4-12(6-10(14)18-2)11(15)8-5-9(13(16)17)19-7-8/h5,7H,3-4,6H2,1-2H3. The molecular formula is C11H14N2O5S. The first-order valence-electron chi connectivity index (χ1n) is 5.58. The molecule has 104 valence electrons. The Kier molecular flexibility index (Phi) is 5.43. The maximum Gasteiger partial charge on any atom is 0.325 e. The fourth-order valence-electron chi connectivity index (χ4n) is 1.46. The van der Waals surface area contributed by atoms with Gasteiger partial charge in [0, 0.05) is 18.0 Å². The van der Waals surface area contributed by atoms with E-state index in [0.29, 0.717) is 13.0 Å². The molecule has 0 aliphatic rings. The summed E-state index contributed by atoms with van der Waals surface area (Å²) in [5, 5.41) is 11.9. The maximum absolute atomic E-state index is 12.1. The van der Waals surface area contributed by atoms with Gasteiger partial charge in [0.15, 0.2) is 0 Å². The molecule has 0 spiro atoms. The lowest BCUT2D eigenvalue weighted by atomic mass is 10.2. The molecule has 0 unspecified atom stereocenters. The third kappa shape index (κ3) is 4.02. The van der Waals surface area contributed by atoms with Gasteiger partial charge in [-0.3, -0.25) is 19.7 Å². The van der Waals surface area contributed by atoms with Gasteiger partial charge in [0.2, 0.25) is 0 Å². The van der Waals surface area contributed by atoms with Gasteiger partial charge in [-0.05, 0) is 6.42 Å². The predicted molar refractivity (Wildman–Crippen MR) is 69.2 cm³/mol. The van der Waals surface area contributed by atoms with Crippen LogP contribution >= 0.6 is 11.3 Å². The van der Waals surface area contributed by atoms with Crippen LogP contribution in [-0.2, 0) is 9.53 Å². The molecule has 0 radical (unpaired) electrons. The van der Waals surface area contributed by atoms with E-state index in [9.17, 15) is 19.7 Å². The number of carbonyl (C=O) groups is 2. The molecule has 19 heavy (non-hydrogen) atoms. The Morgan fingerprint density at radius 1 is 1.53 bits per heavy atom. The smallest absolute Gasteiger partial charge is 0.325 e. The van der Waals surface area contributed by atoms with Crippen molar-refractivity contribution in [3.8, 4) is 0 Å². The van der Waals surface area contributed by atoms with Crippen molar-refractivity contribution >= 4 is 28.2 Å². The number of hydrogen-bond acceptors (Lipinski definition) is 6. The molecule has 0 aliphatic carbocycles. The monoisotopic (exact) mass is 286 g/mol. The van der Waals surface area contributed by atoms with Crippen LogP contribution < -0.4 is 0 Å². The summed E-state index contributed by atoms with van der Waals surface area (Å²) in [6.45, 7) is 2.10. The molecule has 0 atom stereocenters. The van der Waals surface area contributed by atoms with Crippen molar-refractivity contribution < 1.29 is 19.2 Å². The third-order valence-corrected chi connectivity index (χ3v) is 3.22. The number of nitrogens with zero attached hydrogens (tertiary/aromatic N) is 2. The lowest BCUT2D eigenvalue weighted by Gasteiger charge is -2.19. The Morgan fingerprint density at radius 2 is 2.21 bits per heavy atom. The number of hydrogen-bond donors (Lipinski definition) is 0. The molecule has 0 saturated heterocycles. The van der Waals surface area contributed by atoms with Crippen LogP contribution in [0, 0.1) is 10.1 Å². The van der Waals surface area contributed by atoms with Gasteiger partial charge in [-0.25, -0.2) is 0 Å². The molecule has 1 rings (SSSR count). The zero-order chi connectivity index (χ0) is 14.4. The van der Waals surface area contributed by atoms with Crippen molar-refractivity contribution in [3.05, 3.63) is 27.1 Å². The van der Waals surface area contributed by atoms with E-state index < -0.39 is 16.8 Å². The average molecular weight is 286 g/mol. The molecule has 0 saturated carbocycles.